The highest BCUT2D eigenvalue weighted by atomic mass is 16.6. The predicted molar refractivity (Wildman–Crippen MR) is 104 cm³/mol. The number of nitrogens with one attached hydrogen (secondary N) is 2. The largest absolute Gasteiger partial charge is 0.459 e. The molecule has 28 heavy (non-hydrogen) atoms. The summed E-state index contributed by atoms with van der Waals surface area (Å²) in [5.74, 6) is 0.139. The van der Waals surface area contributed by atoms with E-state index in [1.165, 1.54) is 12.7 Å². The Hall–Kier alpha value is -2.91. The van der Waals surface area contributed by atoms with Crippen LogP contribution in [-0.4, -0.2) is 55.9 Å². The first-order valence-corrected chi connectivity index (χ1v) is 9.03. The highest BCUT2D eigenvalue weighted by Crippen LogP contribution is 2.17. The fourth-order valence-electron chi connectivity index (χ4n) is 2.30. The van der Waals surface area contributed by atoms with E-state index in [2.05, 4.69) is 25.6 Å². The maximum atomic E-state index is 12.0. The lowest BCUT2D eigenvalue weighted by Crippen LogP contribution is -2.35. The second kappa shape index (κ2) is 8.41. The minimum absolute atomic E-state index is 0.00439. The molecule has 0 radical (unpaired) electrons. The number of rotatable bonds is 6. The molecule has 0 bridgehead atoms. The quantitative estimate of drug-likeness (QED) is 0.566. The molecule has 0 aromatic carbocycles. The normalized spacial score (nSPS) is 11.9. The first kappa shape index (κ1) is 21.4. The number of alkyl carbamates (subject to hydrolysis) is 1. The van der Waals surface area contributed by atoms with Crippen LogP contribution in [0.25, 0.3) is 11.2 Å². The molecular weight excluding hydrogens is 364 g/mol. The van der Waals surface area contributed by atoms with Gasteiger partial charge in [-0.3, -0.25) is 4.79 Å². The van der Waals surface area contributed by atoms with Crippen molar-refractivity contribution in [2.75, 3.05) is 18.4 Å². The van der Waals surface area contributed by atoms with Gasteiger partial charge in [-0.1, -0.05) is 0 Å². The monoisotopic (exact) mass is 392 g/mol. The van der Waals surface area contributed by atoms with Crippen molar-refractivity contribution in [1.82, 2.24) is 24.8 Å². The zero-order valence-electron chi connectivity index (χ0n) is 17.2. The molecule has 10 nitrogen and oxygen atoms in total. The number of fused-ring (bicyclic) bond motifs is 1. The smallest absolute Gasteiger partial charge is 0.407 e. The van der Waals surface area contributed by atoms with Crippen molar-refractivity contribution >= 4 is 29.0 Å². The van der Waals surface area contributed by atoms with Gasteiger partial charge in [-0.05, 0) is 41.5 Å². The van der Waals surface area contributed by atoms with Gasteiger partial charge in [0.05, 0.1) is 6.33 Å². The molecule has 0 aliphatic heterocycles. The minimum Gasteiger partial charge on any atom is -0.459 e. The second-order valence-corrected chi connectivity index (χ2v) is 8.21. The van der Waals surface area contributed by atoms with Crippen LogP contribution in [0, 0.1) is 0 Å². The number of aromatic nitrogens is 4. The van der Waals surface area contributed by atoms with E-state index in [-0.39, 0.29) is 12.5 Å². The molecular formula is C18H28N6O4. The molecule has 154 valence electrons. The number of amides is 1. The Kier molecular flexibility index (Phi) is 6.42. The molecule has 0 spiro atoms. The highest BCUT2D eigenvalue weighted by Gasteiger charge is 2.19. The van der Waals surface area contributed by atoms with Crippen LogP contribution in [0.1, 0.15) is 41.5 Å². The molecule has 1 amide bonds. The van der Waals surface area contributed by atoms with Crippen LogP contribution >= 0.6 is 0 Å². The number of anilines is 1. The molecule has 0 atom stereocenters. The number of ether oxygens (including phenoxy) is 2. The minimum atomic E-state index is -0.559. The fourth-order valence-corrected chi connectivity index (χ4v) is 2.30. The molecule has 2 heterocycles. The molecule has 2 N–H and O–H groups in total. The van der Waals surface area contributed by atoms with Crippen molar-refractivity contribution in [3.63, 3.8) is 0 Å². The van der Waals surface area contributed by atoms with Crippen LogP contribution in [0.3, 0.4) is 0 Å². The molecule has 0 aliphatic carbocycles. The van der Waals surface area contributed by atoms with Crippen LogP contribution in [-0.2, 0) is 20.8 Å². The predicted octanol–water partition coefficient (Wildman–Crippen LogP) is 2.10. The van der Waals surface area contributed by atoms with Crippen molar-refractivity contribution in [2.24, 2.45) is 0 Å². The SMILES string of the molecule is CC(C)(C)OC(=O)Cn1cnc2c(NCCNC(=O)OC(C)(C)C)ncnc21. The Balaban J connectivity index is 1.95. The summed E-state index contributed by atoms with van der Waals surface area (Å²) >= 11 is 0. The molecule has 2 aromatic rings. The first-order valence-electron chi connectivity index (χ1n) is 9.03. The van der Waals surface area contributed by atoms with Crippen molar-refractivity contribution in [3.05, 3.63) is 12.7 Å². The van der Waals surface area contributed by atoms with E-state index in [4.69, 9.17) is 9.47 Å². The lowest BCUT2D eigenvalue weighted by Gasteiger charge is -2.19. The number of imidazole rings is 1. The molecule has 2 aromatic heterocycles. The number of carbonyl (C=O) groups is 2. The van der Waals surface area contributed by atoms with Gasteiger partial charge in [0.1, 0.15) is 29.6 Å². The third-order valence-electron chi connectivity index (χ3n) is 3.21. The summed E-state index contributed by atoms with van der Waals surface area (Å²) in [7, 11) is 0. The Bertz CT molecular complexity index is 835. The topological polar surface area (TPSA) is 120 Å². The van der Waals surface area contributed by atoms with Gasteiger partial charge in [0.2, 0.25) is 0 Å². The van der Waals surface area contributed by atoms with Crippen molar-refractivity contribution in [3.8, 4) is 0 Å². The third kappa shape index (κ3) is 6.67. The van der Waals surface area contributed by atoms with Crippen LogP contribution in [0.4, 0.5) is 10.6 Å². The van der Waals surface area contributed by atoms with E-state index in [0.29, 0.717) is 30.1 Å². The Morgan fingerprint density at radius 2 is 1.68 bits per heavy atom. The zero-order valence-corrected chi connectivity index (χ0v) is 17.2. The first-order chi connectivity index (χ1) is 12.9. The summed E-state index contributed by atoms with van der Waals surface area (Å²) in [6.45, 7) is 11.6. The summed E-state index contributed by atoms with van der Waals surface area (Å²) in [5.41, 5.74) is -0.0556. The van der Waals surface area contributed by atoms with Gasteiger partial charge in [-0.25, -0.2) is 19.7 Å². The van der Waals surface area contributed by atoms with Crippen LogP contribution in [0.5, 0.6) is 0 Å². The van der Waals surface area contributed by atoms with E-state index in [1.54, 1.807) is 25.3 Å². The summed E-state index contributed by atoms with van der Waals surface area (Å²) in [4.78, 5) is 36.4. The highest BCUT2D eigenvalue weighted by molar-refractivity contribution is 5.83. The van der Waals surface area contributed by atoms with E-state index in [1.807, 2.05) is 20.8 Å². The molecule has 0 aliphatic rings. The molecule has 0 unspecified atom stereocenters. The zero-order chi connectivity index (χ0) is 20.9. The van der Waals surface area contributed by atoms with Crippen molar-refractivity contribution < 1.29 is 19.1 Å². The fraction of sp³-hybridized carbons (Fsp3) is 0.611. The molecule has 10 heteroatoms. The number of hydrogen-bond acceptors (Lipinski definition) is 8. The summed E-state index contributed by atoms with van der Waals surface area (Å²) < 4.78 is 12.1. The molecule has 2 rings (SSSR count). The van der Waals surface area contributed by atoms with Crippen LogP contribution in [0.2, 0.25) is 0 Å². The van der Waals surface area contributed by atoms with Crippen molar-refractivity contribution in [2.45, 2.75) is 59.3 Å². The third-order valence-corrected chi connectivity index (χ3v) is 3.21. The second-order valence-electron chi connectivity index (χ2n) is 8.21. The van der Waals surface area contributed by atoms with Gasteiger partial charge in [-0.15, -0.1) is 0 Å². The van der Waals surface area contributed by atoms with Crippen molar-refractivity contribution in [1.29, 1.82) is 0 Å². The van der Waals surface area contributed by atoms with E-state index >= 15 is 0 Å². The van der Waals surface area contributed by atoms with Gasteiger partial charge < -0.3 is 24.7 Å². The van der Waals surface area contributed by atoms with E-state index < -0.39 is 17.3 Å². The lowest BCUT2D eigenvalue weighted by molar-refractivity contribution is -0.155. The molecule has 0 saturated carbocycles. The van der Waals surface area contributed by atoms with Gasteiger partial charge in [0, 0.05) is 13.1 Å². The van der Waals surface area contributed by atoms with Gasteiger partial charge >= 0.3 is 12.1 Å². The van der Waals surface area contributed by atoms with Gasteiger partial charge in [-0.2, -0.15) is 0 Å². The number of carbonyl (C=O) groups excluding carboxylic acids is 2. The van der Waals surface area contributed by atoms with E-state index in [0.717, 1.165) is 0 Å². The molecule has 0 saturated heterocycles. The Labute approximate surface area is 164 Å². The summed E-state index contributed by atoms with van der Waals surface area (Å²) in [6, 6.07) is 0. The Morgan fingerprint density at radius 1 is 1.00 bits per heavy atom. The standard InChI is InChI=1S/C18H28N6O4/c1-17(2,3)27-12(25)9-24-11-23-13-14(21-10-22-15(13)24)19-7-8-20-16(26)28-18(4,5)6/h10-11H,7-9H2,1-6H3,(H,20,26)(H,19,21,22). The lowest BCUT2D eigenvalue weighted by atomic mass is 10.2. The van der Waals surface area contributed by atoms with Gasteiger partial charge in [0.25, 0.3) is 0 Å². The number of esters is 1. The molecule has 0 fully saturated rings. The van der Waals surface area contributed by atoms with Crippen LogP contribution in [0.15, 0.2) is 12.7 Å². The van der Waals surface area contributed by atoms with Gasteiger partial charge in [0.15, 0.2) is 11.5 Å². The number of nitrogens with zero attached hydrogens (tertiary/aromatic N) is 4. The maximum absolute atomic E-state index is 12.0. The average Bonchev–Trinajstić information content (AvgIpc) is 2.92. The maximum Gasteiger partial charge on any atom is 0.407 e. The summed E-state index contributed by atoms with van der Waals surface area (Å²) in [5, 5.41) is 5.75. The average molecular weight is 392 g/mol. The Morgan fingerprint density at radius 3 is 2.32 bits per heavy atom. The summed E-state index contributed by atoms with van der Waals surface area (Å²) in [6.07, 6.45) is 2.43. The van der Waals surface area contributed by atoms with Crippen LogP contribution < -0.4 is 10.6 Å². The number of hydrogen-bond donors (Lipinski definition) is 2. The van der Waals surface area contributed by atoms with E-state index in [9.17, 15) is 9.59 Å².